The van der Waals surface area contributed by atoms with E-state index in [9.17, 15) is 4.79 Å². The lowest BCUT2D eigenvalue weighted by molar-refractivity contribution is -0.120. The summed E-state index contributed by atoms with van der Waals surface area (Å²) in [6.45, 7) is 6.53. The Balaban J connectivity index is 1.56. The summed E-state index contributed by atoms with van der Waals surface area (Å²) < 4.78 is 6.82. The van der Waals surface area contributed by atoms with Crippen molar-refractivity contribution in [3.05, 3.63) is 59.2 Å². The maximum atomic E-state index is 12.5. The van der Waals surface area contributed by atoms with Crippen molar-refractivity contribution in [1.82, 2.24) is 25.5 Å². The van der Waals surface area contributed by atoms with Gasteiger partial charge < -0.3 is 10.1 Å². The smallest absolute Gasteiger partial charge is 0.233 e. The first-order valence-electron chi connectivity index (χ1n) is 9.41. The van der Waals surface area contributed by atoms with Crippen molar-refractivity contribution >= 4 is 17.7 Å². The molecule has 3 aromatic rings. The number of methoxy groups -OCH3 is 1. The second-order valence-electron chi connectivity index (χ2n) is 6.79. The number of hydrogen-bond acceptors (Lipinski definition) is 6. The van der Waals surface area contributed by atoms with Crippen LogP contribution in [0.2, 0.25) is 0 Å². The predicted octanol–water partition coefficient (Wildman–Crippen LogP) is 3.13. The molecule has 0 radical (unpaired) electrons. The molecular formula is C21H25N5O2S. The molecule has 1 amide bonds. The van der Waals surface area contributed by atoms with E-state index in [4.69, 9.17) is 4.74 Å². The van der Waals surface area contributed by atoms with Gasteiger partial charge in [0.2, 0.25) is 11.1 Å². The van der Waals surface area contributed by atoms with Crippen LogP contribution >= 0.6 is 11.8 Å². The highest BCUT2D eigenvalue weighted by Crippen LogP contribution is 2.24. The molecule has 0 aliphatic heterocycles. The normalized spacial score (nSPS) is 11.9. The summed E-state index contributed by atoms with van der Waals surface area (Å²) in [4.78, 5) is 12.5. The van der Waals surface area contributed by atoms with E-state index in [-0.39, 0.29) is 11.2 Å². The summed E-state index contributed by atoms with van der Waals surface area (Å²) in [5.41, 5.74) is 4.40. The molecule has 0 aliphatic rings. The van der Waals surface area contributed by atoms with E-state index < -0.39 is 0 Å². The number of tetrazole rings is 1. The van der Waals surface area contributed by atoms with Gasteiger partial charge >= 0.3 is 0 Å². The fraction of sp³-hybridized carbons (Fsp3) is 0.333. The van der Waals surface area contributed by atoms with Gasteiger partial charge in [0.15, 0.2) is 0 Å². The topological polar surface area (TPSA) is 81.9 Å². The highest BCUT2D eigenvalue weighted by molar-refractivity contribution is 8.00. The maximum absolute atomic E-state index is 12.5. The number of amides is 1. The van der Waals surface area contributed by atoms with Gasteiger partial charge in [0.25, 0.3) is 0 Å². The van der Waals surface area contributed by atoms with E-state index in [1.807, 2.05) is 49.4 Å². The number of hydrogen-bond donors (Lipinski definition) is 1. The van der Waals surface area contributed by atoms with Crippen LogP contribution in [0, 0.1) is 13.8 Å². The Hall–Kier alpha value is -2.87. The van der Waals surface area contributed by atoms with Gasteiger partial charge in [-0.3, -0.25) is 4.79 Å². The molecule has 0 saturated heterocycles. The van der Waals surface area contributed by atoms with Crippen LogP contribution in [0.3, 0.4) is 0 Å². The number of carbonyl (C=O) groups is 1. The summed E-state index contributed by atoms with van der Waals surface area (Å²) in [5.74, 6) is 0.780. The number of carbonyl (C=O) groups excluding carboxylic acids is 1. The third-order valence-electron chi connectivity index (χ3n) is 4.70. The molecule has 1 N–H and O–H groups in total. The van der Waals surface area contributed by atoms with Gasteiger partial charge in [-0.15, -0.1) is 5.10 Å². The molecule has 0 saturated carbocycles. The Labute approximate surface area is 174 Å². The van der Waals surface area contributed by atoms with E-state index in [1.54, 1.807) is 11.8 Å². The van der Waals surface area contributed by atoms with E-state index >= 15 is 0 Å². The van der Waals surface area contributed by atoms with E-state index in [0.29, 0.717) is 11.7 Å². The van der Waals surface area contributed by atoms with Crippen molar-refractivity contribution in [2.45, 2.75) is 37.6 Å². The first kappa shape index (κ1) is 20.9. The van der Waals surface area contributed by atoms with Crippen LogP contribution in [0.1, 0.15) is 23.6 Å². The Morgan fingerprint density at radius 3 is 2.62 bits per heavy atom. The van der Waals surface area contributed by atoms with E-state index in [0.717, 1.165) is 23.4 Å². The minimum atomic E-state index is -0.317. The van der Waals surface area contributed by atoms with Crippen LogP contribution in [-0.4, -0.2) is 45.0 Å². The van der Waals surface area contributed by atoms with Crippen molar-refractivity contribution in [3.63, 3.8) is 0 Å². The van der Waals surface area contributed by atoms with Crippen molar-refractivity contribution in [3.8, 4) is 11.4 Å². The fourth-order valence-corrected chi connectivity index (χ4v) is 3.58. The van der Waals surface area contributed by atoms with Crippen LogP contribution in [0.5, 0.6) is 5.75 Å². The third kappa shape index (κ3) is 5.35. The Morgan fingerprint density at radius 1 is 1.17 bits per heavy atom. The molecule has 1 unspecified atom stereocenters. The molecule has 7 nitrogen and oxygen atoms in total. The van der Waals surface area contributed by atoms with Crippen molar-refractivity contribution in [2.75, 3.05) is 13.7 Å². The largest absolute Gasteiger partial charge is 0.497 e. The molecule has 0 aliphatic carbocycles. The third-order valence-corrected chi connectivity index (χ3v) is 5.73. The molecule has 1 aromatic heterocycles. The minimum Gasteiger partial charge on any atom is -0.497 e. The number of aryl methyl sites for hydroxylation is 2. The summed E-state index contributed by atoms with van der Waals surface area (Å²) >= 11 is 1.34. The lowest BCUT2D eigenvalue weighted by atomic mass is 10.1. The van der Waals surface area contributed by atoms with Crippen LogP contribution in [0.25, 0.3) is 5.69 Å². The number of rotatable bonds is 8. The molecule has 152 valence electrons. The Morgan fingerprint density at radius 2 is 1.93 bits per heavy atom. The molecule has 1 heterocycles. The zero-order valence-corrected chi connectivity index (χ0v) is 17.9. The van der Waals surface area contributed by atoms with E-state index in [1.165, 1.54) is 22.9 Å². The average molecular weight is 412 g/mol. The van der Waals surface area contributed by atoms with Gasteiger partial charge in [-0.05, 0) is 78.6 Å². The van der Waals surface area contributed by atoms with Crippen LogP contribution < -0.4 is 10.1 Å². The fourth-order valence-electron chi connectivity index (χ4n) is 2.75. The SMILES string of the molecule is COc1ccc(CCNC(=O)C(C)Sc2nnnn2-c2ccc(C)c(C)c2)cc1. The molecule has 3 rings (SSSR count). The van der Waals surface area contributed by atoms with Gasteiger partial charge in [-0.2, -0.15) is 4.68 Å². The molecule has 29 heavy (non-hydrogen) atoms. The molecular weight excluding hydrogens is 386 g/mol. The number of aromatic nitrogens is 4. The highest BCUT2D eigenvalue weighted by Gasteiger charge is 2.19. The Kier molecular flexibility index (Phi) is 6.87. The molecule has 2 aromatic carbocycles. The minimum absolute atomic E-state index is 0.0434. The number of ether oxygens (including phenoxy) is 1. The molecule has 1 atom stereocenters. The average Bonchev–Trinajstić information content (AvgIpc) is 3.18. The number of thioether (sulfide) groups is 1. The number of nitrogens with one attached hydrogen (secondary N) is 1. The standard InChI is InChI=1S/C21H25N5O2S/c1-14-5-8-18(13-15(14)2)26-21(23-24-25-26)29-16(3)20(27)22-12-11-17-6-9-19(28-4)10-7-17/h5-10,13,16H,11-12H2,1-4H3,(H,22,27). The second-order valence-corrected chi connectivity index (χ2v) is 8.10. The lowest BCUT2D eigenvalue weighted by Gasteiger charge is -2.12. The van der Waals surface area contributed by atoms with Gasteiger partial charge in [0.1, 0.15) is 5.75 Å². The summed E-state index contributed by atoms with van der Waals surface area (Å²) in [6.07, 6.45) is 0.757. The van der Waals surface area contributed by atoms with E-state index in [2.05, 4.69) is 34.7 Å². The first-order valence-corrected chi connectivity index (χ1v) is 10.3. The molecule has 0 spiro atoms. The molecule has 0 bridgehead atoms. The van der Waals surface area contributed by atoms with Crippen LogP contribution in [0.4, 0.5) is 0 Å². The summed E-state index contributed by atoms with van der Waals surface area (Å²) in [7, 11) is 1.64. The van der Waals surface area contributed by atoms with Crippen LogP contribution in [-0.2, 0) is 11.2 Å². The van der Waals surface area contributed by atoms with Crippen molar-refractivity contribution in [1.29, 1.82) is 0 Å². The zero-order valence-electron chi connectivity index (χ0n) is 17.0. The van der Waals surface area contributed by atoms with Crippen molar-refractivity contribution in [2.24, 2.45) is 0 Å². The van der Waals surface area contributed by atoms with Gasteiger partial charge in [-0.25, -0.2) is 0 Å². The number of benzene rings is 2. The van der Waals surface area contributed by atoms with Crippen molar-refractivity contribution < 1.29 is 9.53 Å². The second kappa shape index (κ2) is 9.56. The Bertz CT molecular complexity index is 971. The lowest BCUT2D eigenvalue weighted by Crippen LogP contribution is -2.32. The first-order chi connectivity index (χ1) is 14.0. The molecule has 8 heteroatoms. The predicted molar refractivity (Wildman–Crippen MR) is 114 cm³/mol. The van der Waals surface area contributed by atoms with Gasteiger partial charge in [-0.1, -0.05) is 30.0 Å². The molecule has 0 fully saturated rings. The van der Waals surface area contributed by atoms with Crippen LogP contribution in [0.15, 0.2) is 47.6 Å². The summed E-state index contributed by atoms with van der Waals surface area (Å²) in [6, 6.07) is 13.9. The monoisotopic (exact) mass is 411 g/mol. The van der Waals surface area contributed by atoms with Gasteiger partial charge in [0, 0.05) is 6.54 Å². The quantitative estimate of drug-likeness (QED) is 0.574. The highest BCUT2D eigenvalue weighted by atomic mass is 32.2. The maximum Gasteiger partial charge on any atom is 0.233 e. The van der Waals surface area contributed by atoms with Gasteiger partial charge in [0.05, 0.1) is 18.0 Å². The number of nitrogens with zero attached hydrogens (tertiary/aromatic N) is 4. The summed E-state index contributed by atoms with van der Waals surface area (Å²) in [5, 5.41) is 15.2. The zero-order chi connectivity index (χ0) is 20.8.